The van der Waals surface area contributed by atoms with Crippen LogP contribution in [-0.4, -0.2) is 37.3 Å². The highest BCUT2D eigenvalue weighted by molar-refractivity contribution is 5.91. The zero-order valence-corrected chi connectivity index (χ0v) is 12.1. The summed E-state index contributed by atoms with van der Waals surface area (Å²) in [6, 6.07) is 7.51. The molecule has 0 saturated carbocycles. The summed E-state index contributed by atoms with van der Waals surface area (Å²) in [5.41, 5.74) is 2.40. The minimum absolute atomic E-state index is 0.159. The Morgan fingerprint density at radius 2 is 2.05 bits per heavy atom. The smallest absolute Gasteiger partial charge is 0.274 e. The molecule has 1 aromatic carbocycles. The van der Waals surface area contributed by atoms with E-state index in [0.717, 1.165) is 11.3 Å². The molecule has 3 rings (SSSR count). The minimum atomic E-state index is -0.272. The van der Waals surface area contributed by atoms with Gasteiger partial charge in [0.2, 0.25) is 5.88 Å². The van der Waals surface area contributed by atoms with Gasteiger partial charge in [-0.3, -0.25) is 4.79 Å². The van der Waals surface area contributed by atoms with Gasteiger partial charge in [-0.15, -0.1) is 10.2 Å². The Hall–Kier alpha value is -3.03. The van der Waals surface area contributed by atoms with Gasteiger partial charge in [0.05, 0.1) is 0 Å². The Labute approximate surface area is 126 Å². The third-order valence-electron chi connectivity index (χ3n) is 2.96. The number of carbonyl (C=O) groups is 1. The first-order valence-corrected chi connectivity index (χ1v) is 6.66. The summed E-state index contributed by atoms with van der Waals surface area (Å²) in [6.07, 6.45) is 1.45. The van der Waals surface area contributed by atoms with Crippen molar-refractivity contribution in [1.82, 2.24) is 24.8 Å². The van der Waals surface area contributed by atoms with E-state index in [2.05, 4.69) is 25.6 Å². The van der Waals surface area contributed by atoms with E-state index in [4.69, 9.17) is 4.74 Å². The van der Waals surface area contributed by atoms with Crippen molar-refractivity contribution >= 4 is 17.4 Å². The Morgan fingerprint density at radius 1 is 1.27 bits per heavy atom. The lowest BCUT2D eigenvalue weighted by atomic mass is 10.2. The molecule has 0 unspecified atom stereocenters. The molecule has 2 heterocycles. The Morgan fingerprint density at radius 3 is 2.82 bits per heavy atom. The fraction of sp³-hybridized carbons (Fsp3) is 0.214. The van der Waals surface area contributed by atoms with Gasteiger partial charge < -0.3 is 10.1 Å². The molecule has 0 aliphatic carbocycles. The fourth-order valence-electron chi connectivity index (χ4n) is 1.85. The van der Waals surface area contributed by atoms with Crippen LogP contribution in [0.3, 0.4) is 0 Å². The molecule has 8 heteroatoms. The summed E-state index contributed by atoms with van der Waals surface area (Å²) in [7, 11) is 0. The van der Waals surface area contributed by atoms with Crippen molar-refractivity contribution in [3.05, 3.63) is 41.9 Å². The van der Waals surface area contributed by atoms with Gasteiger partial charge in [-0.05, 0) is 26.0 Å². The molecular formula is C14H14N6O2. The highest BCUT2D eigenvalue weighted by Gasteiger charge is 2.10. The molecule has 3 aromatic rings. The monoisotopic (exact) mass is 298 g/mol. The molecule has 112 valence electrons. The van der Waals surface area contributed by atoms with E-state index in [-0.39, 0.29) is 18.4 Å². The summed E-state index contributed by atoms with van der Waals surface area (Å²) < 4.78 is 6.84. The fourth-order valence-corrected chi connectivity index (χ4v) is 1.85. The molecule has 2 aromatic heterocycles. The van der Waals surface area contributed by atoms with E-state index in [1.54, 1.807) is 6.92 Å². The molecule has 1 N–H and O–H groups in total. The topological polar surface area (TPSA) is 94.3 Å². The zero-order valence-electron chi connectivity index (χ0n) is 12.1. The second-order valence-corrected chi connectivity index (χ2v) is 4.78. The number of hydrogen-bond donors (Lipinski definition) is 1. The summed E-state index contributed by atoms with van der Waals surface area (Å²) in [4.78, 5) is 16.0. The summed E-state index contributed by atoms with van der Waals surface area (Å²) >= 11 is 0. The number of rotatable bonds is 4. The van der Waals surface area contributed by atoms with E-state index < -0.39 is 0 Å². The highest BCUT2D eigenvalue weighted by atomic mass is 16.5. The lowest BCUT2D eigenvalue weighted by Crippen LogP contribution is -2.21. The first kappa shape index (κ1) is 13.9. The minimum Gasteiger partial charge on any atom is -0.466 e. The zero-order chi connectivity index (χ0) is 15.5. The number of aryl methyl sites for hydroxylation is 2. The van der Waals surface area contributed by atoms with E-state index in [1.807, 2.05) is 31.2 Å². The van der Waals surface area contributed by atoms with E-state index in [1.165, 1.54) is 10.8 Å². The number of anilines is 1. The molecule has 1 amide bonds. The Balaban J connectivity index is 1.64. The van der Waals surface area contributed by atoms with Crippen LogP contribution < -0.4 is 10.1 Å². The van der Waals surface area contributed by atoms with Crippen LogP contribution in [-0.2, 0) is 4.79 Å². The molecule has 0 saturated heterocycles. The lowest BCUT2D eigenvalue weighted by molar-refractivity contribution is -0.118. The highest BCUT2D eigenvalue weighted by Crippen LogP contribution is 2.12. The molecule has 0 radical (unpaired) electrons. The van der Waals surface area contributed by atoms with Crippen molar-refractivity contribution < 1.29 is 9.53 Å². The Kier molecular flexibility index (Phi) is 3.65. The standard InChI is InChI=1S/C14H14N6O2/c1-9-3-5-11(6-4-9)16-12(21)7-22-13-10(2)19-20-8-15-18-14(20)17-13/h3-6,8H,7H2,1-2H3,(H,16,21). The molecule has 0 aliphatic heterocycles. The first-order chi connectivity index (χ1) is 10.6. The molecule has 0 fully saturated rings. The number of ether oxygens (including phenoxy) is 1. The lowest BCUT2D eigenvalue weighted by Gasteiger charge is -2.08. The van der Waals surface area contributed by atoms with E-state index >= 15 is 0 Å². The van der Waals surface area contributed by atoms with Gasteiger partial charge in [0.1, 0.15) is 12.0 Å². The molecule has 0 aliphatic rings. The maximum atomic E-state index is 11.9. The number of fused-ring (bicyclic) bond motifs is 1. The maximum Gasteiger partial charge on any atom is 0.274 e. The number of nitrogens with zero attached hydrogens (tertiary/aromatic N) is 5. The van der Waals surface area contributed by atoms with Crippen LogP contribution >= 0.6 is 0 Å². The summed E-state index contributed by atoms with van der Waals surface area (Å²) in [6.45, 7) is 3.56. The number of amides is 1. The summed E-state index contributed by atoms with van der Waals surface area (Å²) in [5.74, 6) is 0.311. The van der Waals surface area contributed by atoms with Crippen molar-refractivity contribution in [3.63, 3.8) is 0 Å². The molecule has 22 heavy (non-hydrogen) atoms. The quantitative estimate of drug-likeness (QED) is 0.776. The van der Waals surface area contributed by atoms with Gasteiger partial charge in [-0.25, -0.2) is 0 Å². The van der Waals surface area contributed by atoms with Crippen molar-refractivity contribution in [3.8, 4) is 5.88 Å². The van der Waals surface area contributed by atoms with Gasteiger partial charge in [0, 0.05) is 5.69 Å². The Bertz CT molecular complexity index is 812. The molecule has 0 atom stereocenters. The summed E-state index contributed by atoms with van der Waals surface area (Å²) in [5, 5.41) is 14.4. The number of benzene rings is 1. The second-order valence-electron chi connectivity index (χ2n) is 4.78. The van der Waals surface area contributed by atoms with Gasteiger partial charge in [0.25, 0.3) is 11.7 Å². The van der Waals surface area contributed by atoms with Crippen molar-refractivity contribution in [2.24, 2.45) is 0 Å². The van der Waals surface area contributed by atoms with Crippen LogP contribution in [0.5, 0.6) is 5.88 Å². The average molecular weight is 298 g/mol. The predicted octanol–water partition coefficient (Wildman–Crippen LogP) is 1.15. The van der Waals surface area contributed by atoms with Crippen LogP contribution in [0.1, 0.15) is 11.3 Å². The van der Waals surface area contributed by atoms with Crippen LogP contribution in [0.15, 0.2) is 30.6 Å². The van der Waals surface area contributed by atoms with E-state index in [0.29, 0.717) is 11.5 Å². The number of aromatic nitrogens is 5. The van der Waals surface area contributed by atoms with Crippen LogP contribution in [0.25, 0.3) is 5.78 Å². The second kappa shape index (κ2) is 5.76. The maximum absolute atomic E-state index is 11.9. The van der Waals surface area contributed by atoms with Crippen LogP contribution in [0.4, 0.5) is 5.69 Å². The predicted molar refractivity (Wildman–Crippen MR) is 78.6 cm³/mol. The number of carbonyl (C=O) groups excluding carboxylic acids is 1. The molecule has 0 spiro atoms. The van der Waals surface area contributed by atoms with Gasteiger partial charge >= 0.3 is 0 Å². The van der Waals surface area contributed by atoms with Gasteiger partial charge in [-0.1, -0.05) is 17.7 Å². The molecule has 0 bridgehead atoms. The van der Waals surface area contributed by atoms with E-state index in [9.17, 15) is 4.79 Å². The third-order valence-corrected chi connectivity index (χ3v) is 2.96. The third kappa shape index (κ3) is 3.00. The van der Waals surface area contributed by atoms with Crippen molar-refractivity contribution in [2.45, 2.75) is 13.8 Å². The molecular weight excluding hydrogens is 284 g/mol. The van der Waals surface area contributed by atoms with Crippen LogP contribution in [0, 0.1) is 13.8 Å². The van der Waals surface area contributed by atoms with Crippen molar-refractivity contribution in [1.29, 1.82) is 0 Å². The molecule has 8 nitrogen and oxygen atoms in total. The first-order valence-electron chi connectivity index (χ1n) is 6.66. The normalized spacial score (nSPS) is 10.6. The number of hydrogen-bond acceptors (Lipinski definition) is 6. The largest absolute Gasteiger partial charge is 0.466 e. The average Bonchev–Trinajstić information content (AvgIpc) is 2.94. The van der Waals surface area contributed by atoms with Gasteiger partial charge in [-0.2, -0.15) is 14.6 Å². The van der Waals surface area contributed by atoms with Gasteiger partial charge in [0.15, 0.2) is 6.61 Å². The number of nitrogens with one attached hydrogen (secondary N) is 1. The van der Waals surface area contributed by atoms with Crippen molar-refractivity contribution in [2.75, 3.05) is 11.9 Å². The SMILES string of the molecule is Cc1ccc(NC(=O)COc2nc3nncn3nc2C)cc1. The van der Waals surface area contributed by atoms with Crippen LogP contribution in [0.2, 0.25) is 0 Å².